The van der Waals surface area contributed by atoms with Crippen molar-refractivity contribution in [1.29, 1.82) is 0 Å². The van der Waals surface area contributed by atoms with Crippen molar-refractivity contribution in [2.75, 3.05) is 18.0 Å². The first-order valence-corrected chi connectivity index (χ1v) is 6.22. The molecule has 0 unspecified atom stereocenters. The van der Waals surface area contributed by atoms with Crippen LogP contribution in [0.25, 0.3) is 0 Å². The largest absolute Gasteiger partial charge is 0.405 e. The monoisotopic (exact) mass is 276 g/mol. The normalized spacial score (nSPS) is 15.6. The van der Waals surface area contributed by atoms with E-state index in [0.717, 1.165) is 12.8 Å². The molecule has 106 valence electrons. The van der Waals surface area contributed by atoms with Crippen molar-refractivity contribution in [2.45, 2.75) is 31.5 Å². The molecule has 0 saturated heterocycles. The lowest BCUT2D eigenvalue weighted by molar-refractivity contribution is -0.120. The fourth-order valence-corrected chi connectivity index (χ4v) is 2.18. The number of hydrogen-bond acceptors (Lipinski definition) is 2. The summed E-state index contributed by atoms with van der Waals surface area (Å²) in [5, 5.41) is 0. The maximum Gasteiger partial charge on any atom is 0.405 e. The van der Waals surface area contributed by atoms with Gasteiger partial charge in [0, 0.05) is 11.7 Å². The van der Waals surface area contributed by atoms with E-state index in [2.05, 4.69) is 0 Å². The predicted molar refractivity (Wildman–Crippen MR) is 65.6 cm³/mol. The van der Waals surface area contributed by atoms with Crippen molar-refractivity contribution in [3.8, 4) is 0 Å². The second-order valence-corrected chi connectivity index (χ2v) is 4.79. The van der Waals surface area contributed by atoms with E-state index in [0.29, 0.717) is 17.7 Å². The molecule has 0 radical (unpaired) electrons. The minimum atomic E-state index is -4.27. The van der Waals surface area contributed by atoms with E-state index >= 15 is 0 Å². The summed E-state index contributed by atoms with van der Waals surface area (Å²) >= 11 is 0. The number of nitrogens with two attached hydrogens (primary N) is 1. The van der Waals surface area contributed by atoms with Gasteiger partial charge in [0.25, 0.3) is 0 Å². The van der Waals surface area contributed by atoms with Gasteiger partial charge < -0.3 is 10.6 Å². The van der Waals surface area contributed by atoms with E-state index in [1.54, 1.807) is 0 Å². The standard InChI is InChI=1S/C13H16F4N2/c14-10-1-4-12(9(7-10)5-6-18)19(11-2-3-11)8-13(15,16)17/h1,4,7,11H,2-3,5-6,8,18H2. The molecule has 1 aromatic rings. The predicted octanol–water partition coefficient (Wildman–Crippen LogP) is 2.86. The Bertz CT molecular complexity index is 441. The van der Waals surface area contributed by atoms with Gasteiger partial charge in [-0.3, -0.25) is 0 Å². The van der Waals surface area contributed by atoms with Crippen LogP contribution >= 0.6 is 0 Å². The van der Waals surface area contributed by atoms with Gasteiger partial charge in [-0.2, -0.15) is 13.2 Å². The summed E-state index contributed by atoms with van der Waals surface area (Å²) < 4.78 is 51.1. The summed E-state index contributed by atoms with van der Waals surface area (Å²) in [6.07, 6.45) is -2.41. The number of alkyl halides is 3. The fraction of sp³-hybridized carbons (Fsp3) is 0.538. The molecule has 0 spiro atoms. The minimum absolute atomic E-state index is 0.0939. The maximum atomic E-state index is 13.2. The lowest BCUT2D eigenvalue weighted by atomic mass is 10.1. The molecule has 1 aliphatic rings. The third-order valence-corrected chi connectivity index (χ3v) is 3.10. The van der Waals surface area contributed by atoms with Gasteiger partial charge in [0.05, 0.1) is 0 Å². The SMILES string of the molecule is NCCc1cc(F)ccc1N(CC(F)(F)F)C1CC1. The molecule has 1 fully saturated rings. The lowest BCUT2D eigenvalue weighted by Crippen LogP contribution is -2.36. The average molecular weight is 276 g/mol. The van der Waals surface area contributed by atoms with Gasteiger partial charge in [-0.25, -0.2) is 4.39 Å². The highest BCUT2D eigenvalue weighted by molar-refractivity contribution is 5.56. The van der Waals surface area contributed by atoms with Crippen LogP contribution in [0.3, 0.4) is 0 Å². The summed E-state index contributed by atoms with van der Waals surface area (Å²) in [7, 11) is 0. The van der Waals surface area contributed by atoms with Crippen molar-refractivity contribution in [3.63, 3.8) is 0 Å². The first-order valence-electron chi connectivity index (χ1n) is 6.22. The molecule has 1 aromatic carbocycles. The number of rotatable bonds is 5. The quantitative estimate of drug-likeness (QED) is 0.838. The summed E-state index contributed by atoms with van der Waals surface area (Å²) in [4.78, 5) is 1.32. The van der Waals surface area contributed by atoms with E-state index in [9.17, 15) is 17.6 Å². The Balaban J connectivity index is 2.30. The summed E-state index contributed by atoms with van der Waals surface area (Å²) in [6.45, 7) is -0.720. The van der Waals surface area contributed by atoms with Gasteiger partial charge in [-0.1, -0.05) is 0 Å². The zero-order valence-electron chi connectivity index (χ0n) is 10.4. The van der Waals surface area contributed by atoms with Gasteiger partial charge in [-0.15, -0.1) is 0 Å². The van der Waals surface area contributed by atoms with Crippen molar-refractivity contribution in [1.82, 2.24) is 0 Å². The first-order chi connectivity index (χ1) is 8.90. The highest BCUT2D eigenvalue weighted by Gasteiger charge is 2.38. The Morgan fingerprint density at radius 3 is 2.47 bits per heavy atom. The molecule has 0 amide bonds. The van der Waals surface area contributed by atoms with Crippen LogP contribution < -0.4 is 10.6 Å². The van der Waals surface area contributed by atoms with Crippen molar-refractivity contribution >= 4 is 5.69 Å². The molecule has 19 heavy (non-hydrogen) atoms. The number of anilines is 1. The van der Waals surface area contributed by atoms with Crippen LogP contribution in [0.4, 0.5) is 23.2 Å². The summed E-state index contributed by atoms with van der Waals surface area (Å²) in [5.41, 5.74) is 6.43. The molecule has 6 heteroatoms. The molecule has 2 nitrogen and oxygen atoms in total. The zero-order chi connectivity index (χ0) is 14.0. The van der Waals surface area contributed by atoms with E-state index in [1.807, 2.05) is 0 Å². The summed E-state index contributed by atoms with van der Waals surface area (Å²) in [6, 6.07) is 3.79. The smallest absolute Gasteiger partial charge is 0.359 e. The third-order valence-electron chi connectivity index (χ3n) is 3.10. The highest BCUT2D eigenvalue weighted by atomic mass is 19.4. The number of hydrogen-bond donors (Lipinski definition) is 1. The van der Waals surface area contributed by atoms with Crippen LogP contribution in [-0.2, 0) is 6.42 Å². The number of halogens is 4. The second-order valence-electron chi connectivity index (χ2n) is 4.79. The van der Waals surface area contributed by atoms with Crippen LogP contribution in [0.1, 0.15) is 18.4 Å². The number of nitrogens with zero attached hydrogens (tertiary/aromatic N) is 1. The average Bonchev–Trinajstić information content (AvgIpc) is 3.09. The van der Waals surface area contributed by atoms with Crippen molar-refractivity contribution < 1.29 is 17.6 Å². The number of benzene rings is 1. The molecule has 2 rings (SSSR count). The fourth-order valence-electron chi connectivity index (χ4n) is 2.18. The topological polar surface area (TPSA) is 29.3 Å². The zero-order valence-corrected chi connectivity index (χ0v) is 10.4. The van der Waals surface area contributed by atoms with Gasteiger partial charge in [-0.05, 0) is 49.6 Å². The Kier molecular flexibility index (Phi) is 3.99. The van der Waals surface area contributed by atoms with Gasteiger partial charge in [0.15, 0.2) is 0 Å². The Morgan fingerprint density at radius 1 is 1.26 bits per heavy atom. The Morgan fingerprint density at radius 2 is 1.95 bits per heavy atom. The van der Waals surface area contributed by atoms with Crippen molar-refractivity contribution in [3.05, 3.63) is 29.6 Å². The van der Waals surface area contributed by atoms with Crippen LogP contribution in [0.5, 0.6) is 0 Å². The Labute approximate surface area is 109 Å². The second kappa shape index (κ2) is 5.36. The molecule has 1 saturated carbocycles. The van der Waals surface area contributed by atoms with Gasteiger partial charge in [0.1, 0.15) is 12.4 Å². The van der Waals surface area contributed by atoms with Gasteiger partial charge in [0.2, 0.25) is 0 Å². The Hall–Kier alpha value is -1.30. The highest BCUT2D eigenvalue weighted by Crippen LogP contribution is 2.36. The van der Waals surface area contributed by atoms with E-state index < -0.39 is 18.5 Å². The van der Waals surface area contributed by atoms with E-state index in [4.69, 9.17) is 5.73 Å². The first kappa shape index (κ1) is 14.1. The molecule has 0 aromatic heterocycles. The van der Waals surface area contributed by atoms with E-state index in [-0.39, 0.29) is 12.6 Å². The molecule has 0 heterocycles. The molecule has 0 bridgehead atoms. The lowest BCUT2D eigenvalue weighted by Gasteiger charge is -2.28. The molecular formula is C13H16F4N2. The molecule has 1 aliphatic carbocycles. The third kappa shape index (κ3) is 3.83. The van der Waals surface area contributed by atoms with Crippen LogP contribution in [0.2, 0.25) is 0 Å². The van der Waals surface area contributed by atoms with E-state index in [1.165, 1.54) is 23.1 Å². The molecule has 2 N–H and O–H groups in total. The summed E-state index contributed by atoms with van der Waals surface area (Å²) in [5.74, 6) is -0.449. The van der Waals surface area contributed by atoms with Gasteiger partial charge >= 0.3 is 6.18 Å². The van der Waals surface area contributed by atoms with Crippen LogP contribution in [-0.4, -0.2) is 25.3 Å². The minimum Gasteiger partial charge on any atom is -0.359 e. The maximum absolute atomic E-state index is 13.2. The van der Waals surface area contributed by atoms with Crippen molar-refractivity contribution in [2.24, 2.45) is 5.73 Å². The van der Waals surface area contributed by atoms with Crippen LogP contribution in [0, 0.1) is 5.82 Å². The molecular weight excluding hydrogens is 260 g/mol. The molecule has 0 aliphatic heterocycles. The van der Waals surface area contributed by atoms with Crippen LogP contribution in [0.15, 0.2) is 18.2 Å². The molecule has 0 atom stereocenters.